The van der Waals surface area contributed by atoms with Gasteiger partial charge in [-0.2, -0.15) is 0 Å². The Bertz CT molecular complexity index is 2840. The van der Waals surface area contributed by atoms with E-state index in [0.29, 0.717) is 0 Å². The molecule has 0 spiro atoms. The fraction of sp³-hybridized carbons (Fsp3) is 0. The number of nitrogens with one attached hydrogen (secondary N) is 4. The van der Waals surface area contributed by atoms with Crippen molar-refractivity contribution in [3.8, 4) is 19.7 Å². The number of fused-ring (bicyclic) bond motifs is 8. The van der Waals surface area contributed by atoms with Crippen molar-refractivity contribution in [1.82, 2.24) is 19.9 Å². The molecule has 5 heterocycles. The lowest BCUT2D eigenvalue weighted by Crippen LogP contribution is -2.20. The van der Waals surface area contributed by atoms with E-state index in [1.54, 1.807) is 0 Å². The molecule has 0 amide bonds. The highest BCUT2D eigenvalue weighted by molar-refractivity contribution is 14.1. The summed E-state index contributed by atoms with van der Waals surface area (Å²) in [6, 6.07) is 55.2. The third-order valence-electron chi connectivity index (χ3n) is 9.77. The van der Waals surface area contributed by atoms with Crippen LogP contribution in [0.5, 0.6) is 0 Å². The summed E-state index contributed by atoms with van der Waals surface area (Å²) in [5.41, 5.74) is 14.1. The van der Waals surface area contributed by atoms with Gasteiger partial charge in [-0.1, -0.05) is 133 Å². The van der Waals surface area contributed by atoms with Gasteiger partial charge in [0, 0.05) is 101 Å². The van der Waals surface area contributed by atoms with Crippen LogP contribution in [-0.2, 0) is 0 Å². The number of benzene rings is 4. The van der Waals surface area contributed by atoms with Gasteiger partial charge < -0.3 is 19.9 Å². The number of hydrogen-bond donors (Lipinski definition) is 4. The molecule has 0 aliphatic carbocycles. The van der Waals surface area contributed by atoms with E-state index in [1.165, 1.54) is 0 Å². The normalized spacial score (nSPS) is 12.2. The average Bonchev–Trinajstić information content (AvgIpc) is 4.05. The molecule has 1 aliphatic heterocycles. The van der Waals surface area contributed by atoms with Crippen molar-refractivity contribution in [2.75, 3.05) is 0 Å². The monoisotopic (exact) mass is 916 g/mol. The Labute approximate surface area is 339 Å². The smallest absolute Gasteiger partial charge is 0.0673 e. The van der Waals surface area contributed by atoms with E-state index in [9.17, 15) is 0 Å². The lowest BCUT2D eigenvalue weighted by Gasteiger charge is -2.10. The van der Waals surface area contributed by atoms with Gasteiger partial charge in [0.2, 0.25) is 0 Å². The summed E-state index contributed by atoms with van der Waals surface area (Å²) in [5, 5.41) is 3.81. The number of aromatic nitrogens is 4. The van der Waals surface area contributed by atoms with E-state index in [2.05, 4.69) is 230 Å². The number of rotatable bonds is 4. The summed E-state index contributed by atoms with van der Waals surface area (Å²) < 4.78 is 6.38. The van der Waals surface area contributed by atoms with Crippen LogP contribution in [0.4, 0.5) is 0 Å². The van der Waals surface area contributed by atoms with E-state index in [4.69, 9.17) is 0 Å². The van der Waals surface area contributed by atoms with Gasteiger partial charge in [-0.15, -0.1) is 0 Å². The first-order valence-electron chi connectivity index (χ1n) is 17.5. The molecular weight excluding hydrogens is 886 g/mol. The third kappa shape index (κ3) is 6.18. The predicted molar refractivity (Wildman–Crippen MR) is 236 cm³/mol. The van der Waals surface area contributed by atoms with Crippen LogP contribution < -0.4 is 21.4 Å². The van der Waals surface area contributed by atoms with Crippen LogP contribution in [0.1, 0.15) is 56.2 Å². The first kappa shape index (κ1) is 33.9. The van der Waals surface area contributed by atoms with Crippen LogP contribution in [0.25, 0.3) is 22.3 Å². The SMILES string of the molecule is IC#Cc1c(C#CI)c2[nH]c1=C(c1ccccc1)c1ccc([nH]1)C(c1ccccc1)=c1ccc([nH]1)=C(c1ccccc1)c1ccc([nH]1)C=2c1ccccc1. The van der Waals surface area contributed by atoms with E-state index < -0.39 is 0 Å². The van der Waals surface area contributed by atoms with Gasteiger partial charge in [-0.25, -0.2) is 0 Å². The van der Waals surface area contributed by atoms with Gasteiger partial charge in [0.25, 0.3) is 0 Å². The summed E-state index contributed by atoms with van der Waals surface area (Å²) in [7, 11) is 0. The van der Waals surface area contributed by atoms with Crippen LogP contribution >= 0.6 is 45.2 Å². The lowest BCUT2D eigenvalue weighted by molar-refractivity contribution is 1.18. The van der Waals surface area contributed by atoms with Gasteiger partial charge in [0.1, 0.15) is 0 Å². The van der Waals surface area contributed by atoms with Crippen molar-refractivity contribution in [2.45, 2.75) is 0 Å². The fourth-order valence-electron chi connectivity index (χ4n) is 7.48. The third-order valence-corrected chi connectivity index (χ3v) is 10.3. The fourth-order valence-corrected chi connectivity index (χ4v) is 8.02. The topological polar surface area (TPSA) is 63.2 Å². The lowest BCUT2D eigenvalue weighted by atomic mass is 9.99. The molecule has 4 N–H and O–H groups in total. The molecule has 6 heteroatoms. The summed E-state index contributed by atoms with van der Waals surface area (Å²) in [6.07, 6.45) is 0. The highest BCUT2D eigenvalue weighted by Gasteiger charge is 2.21. The minimum atomic E-state index is 0.848. The summed E-state index contributed by atoms with van der Waals surface area (Å²) in [4.78, 5) is 15.5. The van der Waals surface area contributed by atoms with Crippen molar-refractivity contribution < 1.29 is 0 Å². The van der Waals surface area contributed by atoms with E-state index in [0.717, 1.165) is 99.8 Å². The molecule has 9 rings (SSSR count). The van der Waals surface area contributed by atoms with Crippen LogP contribution in [0.15, 0.2) is 158 Å². The molecule has 8 aromatic rings. The molecule has 0 fully saturated rings. The average molecular weight is 917 g/mol. The molecule has 4 aromatic carbocycles. The minimum Gasteiger partial charge on any atom is -0.354 e. The molecule has 1 aliphatic rings. The van der Waals surface area contributed by atoms with Gasteiger partial charge in [-0.3, -0.25) is 0 Å². The molecule has 0 radical (unpaired) electrons. The van der Waals surface area contributed by atoms with Gasteiger partial charge >= 0.3 is 0 Å². The molecule has 4 nitrogen and oxygen atoms in total. The molecule has 0 atom stereocenters. The van der Waals surface area contributed by atoms with E-state index >= 15 is 0 Å². The van der Waals surface area contributed by atoms with Crippen molar-refractivity contribution >= 4 is 67.5 Å². The number of hydrogen-bond acceptors (Lipinski definition) is 0. The van der Waals surface area contributed by atoms with Crippen LogP contribution in [-0.4, -0.2) is 19.9 Å². The zero-order valence-corrected chi connectivity index (χ0v) is 33.1. The second kappa shape index (κ2) is 14.8. The second-order valence-electron chi connectivity index (χ2n) is 12.9. The first-order valence-corrected chi connectivity index (χ1v) is 19.7. The highest BCUT2D eigenvalue weighted by Crippen LogP contribution is 2.28. The molecule has 54 heavy (non-hydrogen) atoms. The molecule has 0 saturated heterocycles. The molecule has 0 unspecified atom stereocenters. The quantitative estimate of drug-likeness (QED) is 0.103. The molecule has 8 bridgehead atoms. The molecular formula is C48H30I2N4. The molecule has 256 valence electrons. The summed E-state index contributed by atoms with van der Waals surface area (Å²) >= 11 is 4.27. The number of halogens is 2. The maximum absolute atomic E-state index is 3.94. The maximum Gasteiger partial charge on any atom is 0.0673 e. The van der Waals surface area contributed by atoms with Crippen molar-refractivity contribution in [3.05, 3.63) is 235 Å². The van der Waals surface area contributed by atoms with Gasteiger partial charge in [-0.05, 0) is 66.5 Å². The Hall–Kier alpha value is -5.94. The first-order chi connectivity index (χ1) is 26.7. The zero-order valence-electron chi connectivity index (χ0n) is 28.8. The Balaban J connectivity index is 1.53. The Morgan fingerprint density at radius 1 is 0.315 bits per heavy atom. The zero-order chi connectivity index (χ0) is 36.4. The second-order valence-corrected chi connectivity index (χ2v) is 14.0. The van der Waals surface area contributed by atoms with Crippen LogP contribution in [0, 0.1) is 19.7 Å². The Kier molecular flexibility index (Phi) is 9.30. The van der Waals surface area contributed by atoms with E-state index in [-0.39, 0.29) is 0 Å². The maximum atomic E-state index is 3.94. The van der Waals surface area contributed by atoms with Crippen molar-refractivity contribution in [2.24, 2.45) is 0 Å². The van der Waals surface area contributed by atoms with Gasteiger partial charge in [0.05, 0.1) is 21.8 Å². The standard InChI is InChI=1S/C48H30I2N4/c49-29-27-35-36(28-30-50)48-46(34-19-11-4-12-20-34)42-26-24-40(53-42)44(32-15-7-2-8-16-32)38-22-21-37(51-38)43(31-13-5-1-6-14-31)39-23-25-41(52-39)45(47(35)54-48)33-17-9-3-10-18-33/h1-26,51-54H. The highest BCUT2D eigenvalue weighted by atomic mass is 127. The molecule has 0 saturated carbocycles. The minimum absolute atomic E-state index is 0.848. The number of H-pyrrole nitrogens is 4. The Morgan fingerprint density at radius 2 is 0.630 bits per heavy atom. The summed E-state index contributed by atoms with van der Waals surface area (Å²) in [6.45, 7) is 0. The van der Waals surface area contributed by atoms with Crippen molar-refractivity contribution in [1.29, 1.82) is 0 Å². The summed E-state index contributed by atoms with van der Waals surface area (Å²) in [5.74, 6) is 6.95. The largest absolute Gasteiger partial charge is 0.354 e. The van der Waals surface area contributed by atoms with Crippen LogP contribution in [0.2, 0.25) is 0 Å². The van der Waals surface area contributed by atoms with Crippen molar-refractivity contribution in [3.63, 3.8) is 0 Å². The number of aromatic amines is 4. The van der Waals surface area contributed by atoms with Crippen LogP contribution in [0.3, 0.4) is 0 Å². The Morgan fingerprint density at radius 3 is 0.963 bits per heavy atom. The van der Waals surface area contributed by atoms with E-state index in [1.807, 2.05) is 12.1 Å². The van der Waals surface area contributed by atoms with Gasteiger partial charge in [0.15, 0.2) is 0 Å². The predicted octanol–water partition coefficient (Wildman–Crippen LogP) is 7.79. The molecule has 4 aromatic heterocycles.